The van der Waals surface area contributed by atoms with E-state index in [1.165, 1.54) is 6.07 Å². The Balaban J connectivity index is 1.69. The molecule has 1 aromatic rings. The number of carbonyl (C=O) groups is 2. The van der Waals surface area contributed by atoms with Crippen LogP contribution in [0.1, 0.15) is 44.0 Å². The Kier molecular flexibility index (Phi) is 4.80. The molecular weight excluding hydrogens is 326 g/mol. The second kappa shape index (κ2) is 6.73. The van der Waals surface area contributed by atoms with E-state index in [1.54, 1.807) is 0 Å². The second-order valence-corrected chi connectivity index (χ2v) is 7.51. The zero-order chi connectivity index (χ0) is 18.3. The van der Waals surface area contributed by atoms with Crippen molar-refractivity contribution in [2.24, 2.45) is 17.8 Å². The molecule has 2 fully saturated rings. The summed E-state index contributed by atoms with van der Waals surface area (Å²) in [6, 6.07) is 3.74. The molecule has 2 aliphatic rings. The highest BCUT2D eigenvalue weighted by Crippen LogP contribution is 2.46. The average molecular weight is 350 g/mol. The highest BCUT2D eigenvalue weighted by atomic mass is 19.1. The summed E-state index contributed by atoms with van der Waals surface area (Å²) in [5.41, 5.74) is -0.545. The number of nitrogens with zero attached hydrogens (tertiary/aromatic N) is 1. The van der Waals surface area contributed by atoms with Crippen molar-refractivity contribution in [3.05, 3.63) is 35.4 Å². The first-order valence-electron chi connectivity index (χ1n) is 8.84. The van der Waals surface area contributed by atoms with Gasteiger partial charge in [0.1, 0.15) is 17.2 Å². The van der Waals surface area contributed by atoms with Crippen molar-refractivity contribution in [3.63, 3.8) is 0 Å². The molecule has 4 atom stereocenters. The summed E-state index contributed by atoms with van der Waals surface area (Å²) in [5.74, 6) is -1.64. The molecule has 0 radical (unpaired) electrons. The van der Waals surface area contributed by atoms with Crippen LogP contribution in [0.4, 0.5) is 8.78 Å². The fourth-order valence-corrected chi connectivity index (χ4v) is 4.57. The molecule has 1 saturated carbocycles. The number of carbonyl (C=O) groups excluding carboxylic acids is 2. The number of hydrogen-bond acceptors (Lipinski definition) is 2. The van der Waals surface area contributed by atoms with E-state index in [1.807, 2.05) is 18.7 Å². The first-order chi connectivity index (χ1) is 11.8. The molecule has 0 bridgehead atoms. The topological polar surface area (TPSA) is 49.4 Å². The zero-order valence-electron chi connectivity index (χ0n) is 14.8. The van der Waals surface area contributed by atoms with E-state index in [4.69, 9.17) is 0 Å². The summed E-state index contributed by atoms with van der Waals surface area (Å²) < 4.78 is 27.5. The van der Waals surface area contributed by atoms with Gasteiger partial charge >= 0.3 is 0 Å². The van der Waals surface area contributed by atoms with Gasteiger partial charge in [-0.05, 0) is 50.2 Å². The second-order valence-electron chi connectivity index (χ2n) is 7.51. The number of nitrogens with one attached hydrogen (secondary N) is 1. The summed E-state index contributed by atoms with van der Waals surface area (Å²) >= 11 is 0. The summed E-state index contributed by atoms with van der Waals surface area (Å²) in [6.07, 6.45) is 1.39. The Bertz CT molecular complexity index is 672. The van der Waals surface area contributed by atoms with Gasteiger partial charge in [0.15, 0.2) is 0 Å². The summed E-state index contributed by atoms with van der Waals surface area (Å²) in [5, 5.41) is 2.68. The monoisotopic (exact) mass is 350 g/mol. The first kappa shape index (κ1) is 17.8. The van der Waals surface area contributed by atoms with Gasteiger partial charge in [-0.3, -0.25) is 9.59 Å². The third kappa shape index (κ3) is 3.14. The molecule has 6 heteroatoms. The molecule has 25 heavy (non-hydrogen) atoms. The molecule has 0 unspecified atom stereocenters. The Hall–Kier alpha value is -1.98. The number of benzene rings is 1. The fraction of sp³-hybridized carbons (Fsp3) is 0.579. The zero-order valence-corrected chi connectivity index (χ0v) is 14.8. The largest absolute Gasteiger partial charge is 0.352 e. The van der Waals surface area contributed by atoms with Gasteiger partial charge in [-0.1, -0.05) is 13.0 Å². The molecular formula is C19H24F2N2O2. The van der Waals surface area contributed by atoms with E-state index in [0.717, 1.165) is 18.6 Å². The van der Waals surface area contributed by atoms with Crippen LogP contribution >= 0.6 is 0 Å². The molecule has 1 N–H and O–H groups in total. The lowest BCUT2D eigenvalue weighted by atomic mass is 9.88. The third-order valence-electron chi connectivity index (χ3n) is 5.69. The van der Waals surface area contributed by atoms with Crippen molar-refractivity contribution < 1.29 is 18.4 Å². The Morgan fingerprint density at radius 2 is 1.96 bits per heavy atom. The lowest BCUT2D eigenvalue weighted by Crippen LogP contribution is -2.39. The number of hydrogen-bond donors (Lipinski definition) is 1. The Morgan fingerprint density at radius 3 is 2.56 bits per heavy atom. The molecule has 0 aromatic heterocycles. The van der Waals surface area contributed by atoms with E-state index in [9.17, 15) is 18.4 Å². The molecule has 1 aliphatic heterocycles. The van der Waals surface area contributed by atoms with Crippen LogP contribution in [-0.4, -0.2) is 35.3 Å². The van der Waals surface area contributed by atoms with Crippen molar-refractivity contribution in [2.45, 2.75) is 45.7 Å². The average Bonchev–Trinajstić information content (AvgIpc) is 2.98. The minimum atomic E-state index is -0.864. The van der Waals surface area contributed by atoms with Crippen molar-refractivity contribution in [1.82, 2.24) is 10.2 Å². The maximum Gasteiger partial charge on any atom is 0.257 e. The number of halogens is 2. The normalized spacial score (nSPS) is 28.6. The highest BCUT2D eigenvalue weighted by molar-refractivity contribution is 5.94. The molecule has 1 saturated heterocycles. The maximum absolute atomic E-state index is 13.7. The molecule has 4 nitrogen and oxygen atoms in total. The van der Waals surface area contributed by atoms with Crippen LogP contribution in [0, 0.1) is 29.4 Å². The van der Waals surface area contributed by atoms with Crippen molar-refractivity contribution in [2.75, 3.05) is 6.54 Å². The number of amides is 2. The van der Waals surface area contributed by atoms with E-state index >= 15 is 0 Å². The Morgan fingerprint density at radius 1 is 1.32 bits per heavy atom. The minimum Gasteiger partial charge on any atom is -0.352 e. The SMILES string of the molecule is CC(C)N1C(=O)C[C@H]2[C@H](CNC(=O)c3c(F)cccc3F)[C@@H](C)C[C@H]21. The number of fused-ring (bicyclic) bond motifs is 1. The smallest absolute Gasteiger partial charge is 0.257 e. The van der Waals surface area contributed by atoms with Gasteiger partial charge in [0, 0.05) is 25.0 Å². The molecule has 136 valence electrons. The van der Waals surface area contributed by atoms with Crippen molar-refractivity contribution in [3.8, 4) is 0 Å². The first-order valence-corrected chi connectivity index (χ1v) is 8.84. The van der Waals surface area contributed by atoms with Gasteiger partial charge in [0.25, 0.3) is 5.91 Å². The van der Waals surface area contributed by atoms with Crippen LogP contribution in [0.5, 0.6) is 0 Å². The standard InChI is InChI=1S/C19H24F2N2O2/c1-10(2)23-16-7-11(3)13(12(16)8-17(23)24)9-22-19(25)18-14(20)5-4-6-15(18)21/h4-6,10-13,16H,7-9H2,1-3H3,(H,22,25)/t11-,12-,13+,16+/m0/s1. The summed E-state index contributed by atoms with van der Waals surface area (Å²) in [6.45, 7) is 6.47. The van der Waals surface area contributed by atoms with E-state index in [-0.39, 0.29) is 29.8 Å². The minimum absolute atomic E-state index is 0.136. The van der Waals surface area contributed by atoms with Gasteiger partial charge in [-0.2, -0.15) is 0 Å². The summed E-state index contributed by atoms with van der Waals surface area (Å²) in [7, 11) is 0. The predicted molar refractivity (Wildman–Crippen MR) is 89.8 cm³/mol. The van der Waals surface area contributed by atoms with Gasteiger partial charge in [0.05, 0.1) is 0 Å². The molecule has 1 heterocycles. The van der Waals surface area contributed by atoms with Crippen LogP contribution in [-0.2, 0) is 4.79 Å². The molecule has 3 rings (SSSR count). The number of rotatable bonds is 4. The fourth-order valence-electron chi connectivity index (χ4n) is 4.57. The van der Waals surface area contributed by atoms with Crippen molar-refractivity contribution >= 4 is 11.8 Å². The summed E-state index contributed by atoms with van der Waals surface area (Å²) in [4.78, 5) is 26.4. The van der Waals surface area contributed by atoms with Crippen LogP contribution < -0.4 is 5.32 Å². The van der Waals surface area contributed by atoms with E-state index < -0.39 is 23.1 Å². The van der Waals surface area contributed by atoms with Gasteiger partial charge in [0.2, 0.25) is 5.91 Å². The van der Waals surface area contributed by atoms with Gasteiger partial charge in [-0.25, -0.2) is 8.78 Å². The van der Waals surface area contributed by atoms with E-state index in [2.05, 4.69) is 12.2 Å². The maximum atomic E-state index is 13.7. The molecule has 1 aromatic carbocycles. The van der Waals surface area contributed by atoms with Gasteiger partial charge in [-0.15, -0.1) is 0 Å². The highest BCUT2D eigenvalue weighted by Gasteiger charge is 2.51. The lowest BCUT2D eigenvalue weighted by Gasteiger charge is -2.28. The van der Waals surface area contributed by atoms with Crippen molar-refractivity contribution in [1.29, 1.82) is 0 Å². The quantitative estimate of drug-likeness (QED) is 0.908. The molecule has 2 amide bonds. The Labute approximate surface area is 146 Å². The van der Waals surface area contributed by atoms with Crippen LogP contribution in [0.2, 0.25) is 0 Å². The molecule has 1 aliphatic carbocycles. The molecule has 0 spiro atoms. The predicted octanol–water partition coefficient (Wildman–Crippen LogP) is 2.98. The third-order valence-corrected chi connectivity index (χ3v) is 5.69. The van der Waals surface area contributed by atoms with Crippen LogP contribution in [0.3, 0.4) is 0 Å². The number of likely N-dealkylation sites (tertiary alicyclic amines) is 1. The van der Waals surface area contributed by atoms with E-state index in [0.29, 0.717) is 18.9 Å². The van der Waals surface area contributed by atoms with Crippen LogP contribution in [0.15, 0.2) is 18.2 Å². The van der Waals surface area contributed by atoms with Gasteiger partial charge < -0.3 is 10.2 Å². The van der Waals surface area contributed by atoms with Crippen LogP contribution in [0.25, 0.3) is 0 Å². The lowest BCUT2D eigenvalue weighted by molar-refractivity contribution is -0.130.